The highest BCUT2D eigenvalue weighted by Crippen LogP contribution is 2.20. The molecule has 1 aromatic carbocycles. The van der Waals surface area contributed by atoms with Crippen LogP contribution in [0.2, 0.25) is 0 Å². The molecule has 114 valence electrons. The zero-order chi connectivity index (χ0) is 15.2. The summed E-state index contributed by atoms with van der Waals surface area (Å²) in [4.78, 5) is 0. The first kappa shape index (κ1) is 15.6. The number of rotatable bonds is 7. The fraction of sp³-hybridized carbons (Fsp3) is 0.444. The molecule has 1 aromatic heterocycles. The Hall–Kier alpha value is -1.74. The van der Waals surface area contributed by atoms with Gasteiger partial charge in [0.05, 0.1) is 0 Å². The lowest BCUT2D eigenvalue weighted by atomic mass is 10.1. The molecule has 0 aliphatic carbocycles. The average molecular weight is 287 g/mol. The van der Waals surface area contributed by atoms with Crippen LogP contribution >= 0.6 is 0 Å². The van der Waals surface area contributed by atoms with Crippen molar-refractivity contribution in [1.82, 2.24) is 5.32 Å². The minimum atomic E-state index is 0.469. The van der Waals surface area contributed by atoms with Crippen LogP contribution in [-0.2, 0) is 13.2 Å². The number of ether oxygens (including phenoxy) is 1. The molecule has 1 N–H and O–H groups in total. The summed E-state index contributed by atoms with van der Waals surface area (Å²) in [6, 6.07) is 8.23. The molecule has 0 fully saturated rings. The average Bonchev–Trinajstić information content (AvgIpc) is 2.81. The van der Waals surface area contributed by atoms with Gasteiger partial charge < -0.3 is 14.5 Å². The van der Waals surface area contributed by atoms with Crippen molar-refractivity contribution in [2.24, 2.45) is 0 Å². The summed E-state index contributed by atoms with van der Waals surface area (Å²) in [6.45, 7) is 10.7. The summed E-state index contributed by atoms with van der Waals surface area (Å²) in [5, 5.41) is 3.39. The Morgan fingerprint density at radius 3 is 2.62 bits per heavy atom. The second-order valence-corrected chi connectivity index (χ2v) is 5.51. The Morgan fingerprint density at radius 2 is 1.90 bits per heavy atom. The lowest BCUT2D eigenvalue weighted by Gasteiger charge is -2.06. The molecule has 3 nitrogen and oxygen atoms in total. The fourth-order valence-corrected chi connectivity index (χ4v) is 2.19. The Labute approximate surface area is 127 Å². The molecule has 0 bridgehead atoms. The van der Waals surface area contributed by atoms with Gasteiger partial charge in [0.25, 0.3) is 0 Å². The van der Waals surface area contributed by atoms with Crippen LogP contribution in [0, 0.1) is 20.8 Å². The highest BCUT2D eigenvalue weighted by Gasteiger charge is 2.08. The topological polar surface area (TPSA) is 34.4 Å². The molecule has 0 spiro atoms. The summed E-state index contributed by atoms with van der Waals surface area (Å²) in [5.74, 6) is 2.73. The van der Waals surface area contributed by atoms with E-state index in [4.69, 9.17) is 9.15 Å². The van der Waals surface area contributed by atoms with E-state index in [0.29, 0.717) is 6.61 Å². The van der Waals surface area contributed by atoms with Gasteiger partial charge in [0.15, 0.2) is 0 Å². The number of benzene rings is 1. The molecule has 0 atom stereocenters. The first-order chi connectivity index (χ1) is 10.1. The van der Waals surface area contributed by atoms with Gasteiger partial charge in [-0.2, -0.15) is 0 Å². The van der Waals surface area contributed by atoms with Gasteiger partial charge in [-0.05, 0) is 63.1 Å². The maximum atomic E-state index is 5.81. The van der Waals surface area contributed by atoms with Crippen molar-refractivity contribution in [1.29, 1.82) is 0 Å². The minimum absolute atomic E-state index is 0.469. The lowest BCUT2D eigenvalue weighted by molar-refractivity contribution is 0.267. The van der Waals surface area contributed by atoms with Gasteiger partial charge in [-0.25, -0.2) is 0 Å². The predicted octanol–water partition coefficient (Wildman–Crippen LogP) is 4.28. The third-order valence-electron chi connectivity index (χ3n) is 3.67. The first-order valence-corrected chi connectivity index (χ1v) is 7.59. The Balaban J connectivity index is 1.93. The van der Waals surface area contributed by atoms with Crippen molar-refractivity contribution in [3.63, 3.8) is 0 Å². The molecule has 0 saturated carbocycles. The molecule has 0 unspecified atom stereocenters. The maximum Gasteiger partial charge on any atom is 0.146 e. The van der Waals surface area contributed by atoms with Crippen LogP contribution in [-0.4, -0.2) is 6.54 Å². The number of furan rings is 1. The standard InChI is InChI=1S/C18H25NO2/c1-5-8-19-11-16-10-18(21-15(16)4)12-20-17-7-6-13(2)14(3)9-17/h6-7,9-10,19H,5,8,11-12H2,1-4H3. The number of hydrogen-bond acceptors (Lipinski definition) is 3. The predicted molar refractivity (Wildman–Crippen MR) is 85.7 cm³/mol. The van der Waals surface area contributed by atoms with E-state index in [2.05, 4.69) is 44.3 Å². The Kier molecular flexibility index (Phi) is 5.45. The van der Waals surface area contributed by atoms with Crippen molar-refractivity contribution >= 4 is 0 Å². The highest BCUT2D eigenvalue weighted by molar-refractivity contribution is 5.34. The van der Waals surface area contributed by atoms with E-state index in [9.17, 15) is 0 Å². The summed E-state index contributed by atoms with van der Waals surface area (Å²) in [6.07, 6.45) is 1.14. The third-order valence-corrected chi connectivity index (χ3v) is 3.67. The second kappa shape index (κ2) is 7.32. The van der Waals surface area contributed by atoms with Crippen LogP contribution in [0.15, 0.2) is 28.7 Å². The van der Waals surface area contributed by atoms with Crippen LogP contribution in [0.4, 0.5) is 0 Å². The van der Waals surface area contributed by atoms with Crippen LogP contribution < -0.4 is 10.1 Å². The summed E-state index contributed by atoms with van der Waals surface area (Å²) in [7, 11) is 0. The van der Waals surface area contributed by atoms with Crippen molar-refractivity contribution in [3.05, 3.63) is 52.5 Å². The summed E-state index contributed by atoms with van der Waals surface area (Å²) < 4.78 is 11.6. The van der Waals surface area contributed by atoms with Crippen molar-refractivity contribution < 1.29 is 9.15 Å². The molecule has 1 heterocycles. The smallest absolute Gasteiger partial charge is 0.146 e. The van der Waals surface area contributed by atoms with E-state index >= 15 is 0 Å². The van der Waals surface area contributed by atoms with Crippen LogP contribution in [0.25, 0.3) is 0 Å². The zero-order valence-corrected chi connectivity index (χ0v) is 13.5. The highest BCUT2D eigenvalue weighted by atomic mass is 16.5. The second-order valence-electron chi connectivity index (χ2n) is 5.51. The molecule has 0 radical (unpaired) electrons. The Bertz CT molecular complexity index is 587. The Morgan fingerprint density at radius 1 is 1.10 bits per heavy atom. The molecular weight excluding hydrogens is 262 g/mol. The first-order valence-electron chi connectivity index (χ1n) is 7.59. The van der Waals surface area contributed by atoms with Crippen LogP contribution in [0.5, 0.6) is 5.75 Å². The zero-order valence-electron chi connectivity index (χ0n) is 13.5. The quantitative estimate of drug-likeness (QED) is 0.772. The van der Waals surface area contributed by atoms with E-state index in [-0.39, 0.29) is 0 Å². The van der Waals surface area contributed by atoms with Gasteiger partial charge in [0.2, 0.25) is 0 Å². The molecule has 0 aliphatic heterocycles. The molecule has 0 aliphatic rings. The van der Waals surface area contributed by atoms with Crippen molar-refractivity contribution in [2.45, 2.75) is 47.3 Å². The molecule has 21 heavy (non-hydrogen) atoms. The number of nitrogens with one attached hydrogen (secondary N) is 1. The molecule has 2 aromatic rings. The van der Waals surface area contributed by atoms with Crippen molar-refractivity contribution in [3.8, 4) is 5.75 Å². The molecule has 0 amide bonds. The molecule has 3 heteroatoms. The minimum Gasteiger partial charge on any atom is -0.486 e. The normalized spacial score (nSPS) is 10.9. The van der Waals surface area contributed by atoms with Gasteiger partial charge in [-0.1, -0.05) is 13.0 Å². The van der Waals surface area contributed by atoms with Gasteiger partial charge in [-0.3, -0.25) is 0 Å². The monoisotopic (exact) mass is 287 g/mol. The third kappa shape index (κ3) is 4.36. The van der Waals surface area contributed by atoms with E-state index < -0.39 is 0 Å². The molecular formula is C18H25NO2. The maximum absolute atomic E-state index is 5.81. The largest absolute Gasteiger partial charge is 0.486 e. The number of hydrogen-bond donors (Lipinski definition) is 1. The fourth-order valence-electron chi connectivity index (χ4n) is 2.19. The van der Waals surface area contributed by atoms with Crippen LogP contribution in [0.3, 0.4) is 0 Å². The van der Waals surface area contributed by atoms with E-state index in [0.717, 1.165) is 36.8 Å². The van der Waals surface area contributed by atoms with Gasteiger partial charge in [0.1, 0.15) is 23.9 Å². The van der Waals surface area contributed by atoms with Gasteiger partial charge in [0, 0.05) is 12.1 Å². The van der Waals surface area contributed by atoms with E-state index in [1.165, 1.54) is 16.7 Å². The summed E-state index contributed by atoms with van der Waals surface area (Å²) >= 11 is 0. The van der Waals surface area contributed by atoms with Crippen molar-refractivity contribution in [2.75, 3.05) is 6.54 Å². The van der Waals surface area contributed by atoms with Gasteiger partial charge in [-0.15, -0.1) is 0 Å². The lowest BCUT2D eigenvalue weighted by Crippen LogP contribution is -2.13. The summed E-state index contributed by atoms with van der Waals surface area (Å²) in [5.41, 5.74) is 3.73. The molecule has 0 saturated heterocycles. The number of aryl methyl sites for hydroxylation is 3. The van der Waals surface area contributed by atoms with E-state index in [1.54, 1.807) is 0 Å². The van der Waals surface area contributed by atoms with Gasteiger partial charge >= 0.3 is 0 Å². The molecule has 2 rings (SSSR count). The van der Waals surface area contributed by atoms with Crippen LogP contribution in [0.1, 0.15) is 41.6 Å². The van der Waals surface area contributed by atoms with E-state index in [1.807, 2.05) is 13.0 Å². The SMILES string of the molecule is CCCNCc1cc(COc2ccc(C)c(C)c2)oc1C.